The summed E-state index contributed by atoms with van der Waals surface area (Å²) in [6.45, 7) is 2.41. The van der Waals surface area contributed by atoms with Gasteiger partial charge in [-0.25, -0.2) is 30.7 Å². The summed E-state index contributed by atoms with van der Waals surface area (Å²) in [4.78, 5) is 0. The second-order valence-electron chi connectivity index (χ2n) is 8.92. The molecule has 0 N–H and O–H groups in total. The van der Waals surface area contributed by atoms with E-state index < -0.39 is 63.7 Å². The molecule has 11 heteroatoms. The molecule has 42 heavy (non-hydrogen) atoms. The van der Waals surface area contributed by atoms with Gasteiger partial charge < -0.3 is 9.47 Å². The minimum absolute atomic E-state index is 0.0105. The van der Waals surface area contributed by atoms with Crippen LogP contribution in [0, 0.1) is 52.6 Å². The molecule has 4 aromatic carbocycles. The Kier molecular flexibility index (Phi) is 9.05. The third-order valence-electron chi connectivity index (χ3n) is 5.87. The lowest BCUT2D eigenvalue weighted by atomic mass is 10.0. The van der Waals surface area contributed by atoms with Gasteiger partial charge in [0.1, 0.15) is 40.3 Å². The first-order chi connectivity index (χ1) is 19.9. The summed E-state index contributed by atoms with van der Waals surface area (Å²) in [5, 5.41) is 0. The molecule has 0 fully saturated rings. The van der Waals surface area contributed by atoms with Gasteiger partial charge in [-0.1, -0.05) is 31.3 Å². The quantitative estimate of drug-likeness (QED) is 0.0878. The molecule has 0 saturated carbocycles. The number of alkyl halides is 2. The molecule has 2 nitrogen and oxygen atoms in total. The van der Waals surface area contributed by atoms with Gasteiger partial charge in [0.2, 0.25) is 0 Å². The molecule has 0 spiro atoms. The van der Waals surface area contributed by atoms with Gasteiger partial charge in [0.15, 0.2) is 17.5 Å². The van der Waals surface area contributed by atoms with Gasteiger partial charge >= 0.3 is 6.11 Å². The Hall–Kier alpha value is -4.59. The van der Waals surface area contributed by atoms with E-state index in [1.807, 2.05) is 6.92 Å². The van der Waals surface area contributed by atoms with Gasteiger partial charge in [-0.2, -0.15) is 8.78 Å². The largest absolute Gasteiger partial charge is 0.493 e. The summed E-state index contributed by atoms with van der Waals surface area (Å²) < 4.78 is 137. The smallest absolute Gasteiger partial charge is 0.432 e. The van der Waals surface area contributed by atoms with Crippen LogP contribution in [0.4, 0.5) is 39.5 Å². The van der Waals surface area contributed by atoms with Crippen molar-refractivity contribution in [2.24, 2.45) is 0 Å². The van der Waals surface area contributed by atoms with Crippen LogP contribution in [0.15, 0.2) is 60.7 Å². The van der Waals surface area contributed by atoms with E-state index in [1.54, 1.807) is 0 Å². The number of ether oxygens (including phenoxy) is 2. The van der Waals surface area contributed by atoms with Crippen molar-refractivity contribution < 1.29 is 49.0 Å². The summed E-state index contributed by atoms with van der Waals surface area (Å²) >= 11 is 0. The number of rotatable bonds is 8. The Labute approximate surface area is 234 Å². The van der Waals surface area contributed by atoms with Crippen molar-refractivity contribution >= 4 is 0 Å². The second kappa shape index (κ2) is 12.5. The van der Waals surface area contributed by atoms with Gasteiger partial charge in [-0.05, 0) is 48.4 Å². The lowest BCUT2D eigenvalue weighted by Gasteiger charge is -2.20. The second-order valence-corrected chi connectivity index (χ2v) is 8.92. The molecule has 4 rings (SSSR count). The van der Waals surface area contributed by atoms with E-state index in [-0.39, 0.29) is 28.8 Å². The van der Waals surface area contributed by atoms with Crippen LogP contribution in [0.5, 0.6) is 11.5 Å². The Bertz CT molecular complexity index is 1640. The van der Waals surface area contributed by atoms with Crippen molar-refractivity contribution in [1.29, 1.82) is 0 Å². The zero-order valence-electron chi connectivity index (χ0n) is 21.6. The maximum Gasteiger partial charge on any atom is 0.432 e. The van der Waals surface area contributed by atoms with E-state index in [9.17, 15) is 39.5 Å². The molecule has 0 bridgehead atoms. The Morgan fingerprint density at radius 3 is 1.90 bits per heavy atom. The Morgan fingerprint density at radius 1 is 0.667 bits per heavy atom. The van der Waals surface area contributed by atoms with Crippen molar-refractivity contribution in [3.8, 4) is 34.5 Å². The number of benzene rings is 4. The maximum atomic E-state index is 14.9. The highest BCUT2D eigenvalue weighted by molar-refractivity contribution is 5.66. The molecule has 0 saturated heterocycles. The normalized spacial score (nSPS) is 11.2. The standard InChI is InChI=1S/C31H19F9O2/c1-2-3-10-41-20-8-7-18(23(32)14-20)6-4-17-5-9-22(24(33)11-17)19-12-25(34)29(26(35)13-19)31(39,40)42-21-15-27(36)30(38)28(37)16-21/h5,7-9,11-16H,2-3,10H2,1H3. The van der Waals surface area contributed by atoms with Crippen molar-refractivity contribution in [3.05, 3.63) is 118 Å². The summed E-state index contributed by atoms with van der Waals surface area (Å²) in [7, 11) is 0. The van der Waals surface area contributed by atoms with E-state index in [0.717, 1.165) is 25.0 Å². The van der Waals surface area contributed by atoms with Crippen molar-refractivity contribution in [3.63, 3.8) is 0 Å². The fourth-order valence-corrected chi connectivity index (χ4v) is 3.78. The highest BCUT2D eigenvalue weighted by Gasteiger charge is 2.41. The van der Waals surface area contributed by atoms with Crippen LogP contribution in [0.25, 0.3) is 11.1 Å². The zero-order chi connectivity index (χ0) is 30.6. The molecule has 0 aliphatic heterocycles. The van der Waals surface area contributed by atoms with Crippen LogP contribution >= 0.6 is 0 Å². The average Bonchev–Trinajstić information content (AvgIpc) is 2.90. The van der Waals surface area contributed by atoms with Crippen LogP contribution in [0.3, 0.4) is 0 Å². The highest BCUT2D eigenvalue weighted by atomic mass is 19.3. The number of halogens is 9. The maximum absolute atomic E-state index is 14.9. The number of hydrogen-bond acceptors (Lipinski definition) is 2. The molecular formula is C31H19F9O2. The van der Waals surface area contributed by atoms with Crippen molar-refractivity contribution in [1.82, 2.24) is 0 Å². The van der Waals surface area contributed by atoms with Crippen LogP contribution in [0.1, 0.15) is 36.5 Å². The van der Waals surface area contributed by atoms with Gasteiger partial charge in [-0.15, -0.1) is 0 Å². The van der Waals surface area contributed by atoms with E-state index in [2.05, 4.69) is 16.6 Å². The first-order valence-electron chi connectivity index (χ1n) is 12.3. The van der Waals surface area contributed by atoms with E-state index >= 15 is 0 Å². The van der Waals surface area contributed by atoms with E-state index in [0.29, 0.717) is 24.5 Å². The van der Waals surface area contributed by atoms with Crippen molar-refractivity contribution in [2.75, 3.05) is 6.61 Å². The van der Waals surface area contributed by atoms with Gasteiger partial charge in [-0.3, -0.25) is 0 Å². The lowest BCUT2D eigenvalue weighted by molar-refractivity contribution is -0.189. The predicted molar refractivity (Wildman–Crippen MR) is 135 cm³/mol. The third-order valence-corrected chi connectivity index (χ3v) is 5.87. The molecule has 4 aromatic rings. The minimum Gasteiger partial charge on any atom is -0.493 e. The van der Waals surface area contributed by atoms with Crippen LogP contribution in [0.2, 0.25) is 0 Å². The molecule has 0 unspecified atom stereocenters. The molecule has 0 aliphatic rings. The van der Waals surface area contributed by atoms with Crippen molar-refractivity contribution in [2.45, 2.75) is 25.9 Å². The number of unbranched alkanes of at least 4 members (excludes halogenated alkanes) is 1. The van der Waals surface area contributed by atoms with Gasteiger partial charge in [0.05, 0.1) is 12.2 Å². The summed E-state index contributed by atoms with van der Waals surface area (Å²) in [5.41, 5.74) is -2.68. The van der Waals surface area contributed by atoms with Gasteiger partial charge in [0, 0.05) is 29.3 Å². The SMILES string of the molecule is CCCCOc1ccc(C#Cc2ccc(-c3cc(F)c(C(F)(F)Oc4cc(F)c(F)c(F)c4)c(F)c3)c(F)c2)c(F)c1. The third kappa shape index (κ3) is 6.82. The molecular weight excluding hydrogens is 575 g/mol. The first kappa shape index (κ1) is 30.4. The molecule has 0 amide bonds. The topological polar surface area (TPSA) is 18.5 Å². The van der Waals surface area contributed by atoms with Gasteiger partial charge in [0.25, 0.3) is 0 Å². The van der Waals surface area contributed by atoms with Crippen LogP contribution < -0.4 is 9.47 Å². The van der Waals surface area contributed by atoms with Crippen LogP contribution in [-0.4, -0.2) is 6.61 Å². The highest BCUT2D eigenvalue weighted by Crippen LogP contribution is 2.38. The molecule has 0 aliphatic carbocycles. The average molecular weight is 594 g/mol. The number of hydrogen-bond donors (Lipinski definition) is 0. The molecule has 0 aromatic heterocycles. The summed E-state index contributed by atoms with van der Waals surface area (Å²) in [5.74, 6) is -6.88. The predicted octanol–water partition coefficient (Wildman–Crippen LogP) is 9.03. The fraction of sp³-hybridized carbons (Fsp3) is 0.161. The lowest BCUT2D eigenvalue weighted by Crippen LogP contribution is -2.25. The van der Waals surface area contributed by atoms with E-state index in [1.165, 1.54) is 24.3 Å². The molecule has 0 atom stereocenters. The zero-order valence-corrected chi connectivity index (χ0v) is 21.6. The Balaban J connectivity index is 1.56. The first-order valence-corrected chi connectivity index (χ1v) is 12.3. The van der Waals surface area contributed by atoms with Crippen LogP contribution in [-0.2, 0) is 6.11 Å². The Morgan fingerprint density at radius 2 is 1.31 bits per heavy atom. The summed E-state index contributed by atoms with van der Waals surface area (Å²) in [6.07, 6.45) is -3.08. The minimum atomic E-state index is -4.80. The molecule has 0 heterocycles. The molecule has 218 valence electrons. The van der Waals surface area contributed by atoms with E-state index in [4.69, 9.17) is 4.74 Å². The fourth-order valence-electron chi connectivity index (χ4n) is 3.78. The summed E-state index contributed by atoms with van der Waals surface area (Å²) in [6, 6.07) is 8.31. The monoisotopic (exact) mass is 594 g/mol. The molecule has 0 radical (unpaired) electrons.